The molecule has 3 rings (SSSR count). The summed E-state index contributed by atoms with van der Waals surface area (Å²) in [6.07, 6.45) is 0.674. The molecule has 1 aromatic carbocycles. The van der Waals surface area contributed by atoms with Crippen LogP contribution in [0.1, 0.15) is 49.4 Å². The average Bonchev–Trinajstić information content (AvgIpc) is 2.68. The Labute approximate surface area is 187 Å². The fraction of sp³-hybridized carbons (Fsp3) is 0.458. The molecular weight excluding hydrogens is 416 g/mol. The van der Waals surface area contributed by atoms with Crippen molar-refractivity contribution in [3.8, 4) is 5.88 Å². The number of hydrogen-bond acceptors (Lipinski definition) is 4. The monoisotopic (exact) mass is 445 g/mol. The zero-order valence-corrected chi connectivity index (χ0v) is 19.0. The number of aromatic nitrogens is 1. The molecule has 0 radical (unpaired) electrons. The lowest BCUT2D eigenvalue weighted by molar-refractivity contribution is -0.141. The molecule has 32 heavy (non-hydrogen) atoms. The number of rotatable bonds is 7. The second-order valence-corrected chi connectivity index (χ2v) is 8.80. The third-order valence-corrected chi connectivity index (χ3v) is 5.96. The number of amides is 2. The first-order chi connectivity index (χ1) is 15.0. The lowest BCUT2D eigenvalue weighted by Crippen LogP contribution is -2.55. The van der Waals surface area contributed by atoms with Gasteiger partial charge in [-0.3, -0.25) is 9.59 Å². The van der Waals surface area contributed by atoms with Crippen molar-refractivity contribution >= 4 is 17.5 Å². The van der Waals surface area contributed by atoms with Crippen LogP contribution in [0.15, 0.2) is 36.4 Å². The van der Waals surface area contributed by atoms with E-state index in [2.05, 4.69) is 15.0 Å². The molecule has 1 saturated carbocycles. The van der Waals surface area contributed by atoms with Crippen LogP contribution in [0, 0.1) is 12.8 Å². The Kier molecular flexibility index (Phi) is 6.81. The van der Waals surface area contributed by atoms with E-state index in [1.807, 2.05) is 38.1 Å². The Bertz CT molecular complexity index is 1000. The van der Waals surface area contributed by atoms with E-state index < -0.39 is 12.0 Å². The Balaban J connectivity index is 2.00. The molecule has 1 aliphatic rings. The van der Waals surface area contributed by atoms with Crippen LogP contribution >= 0.6 is 0 Å². The second kappa shape index (κ2) is 9.22. The molecule has 1 aromatic heterocycles. The van der Waals surface area contributed by atoms with Crippen molar-refractivity contribution in [2.45, 2.75) is 51.6 Å². The summed E-state index contributed by atoms with van der Waals surface area (Å²) in [5.41, 5.74) is 1.48. The Morgan fingerprint density at radius 1 is 1.16 bits per heavy atom. The first-order valence-electron chi connectivity index (χ1n) is 10.6. The van der Waals surface area contributed by atoms with Gasteiger partial charge in [0.1, 0.15) is 5.69 Å². The van der Waals surface area contributed by atoms with Gasteiger partial charge in [0.05, 0.1) is 5.41 Å². The van der Waals surface area contributed by atoms with Gasteiger partial charge in [-0.2, -0.15) is 8.78 Å². The summed E-state index contributed by atoms with van der Waals surface area (Å²) < 4.78 is 30.3. The second-order valence-electron chi connectivity index (χ2n) is 8.80. The maximum absolute atomic E-state index is 13.6. The number of alkyl halides is 2. The number of halogens is 2. The molecule has 0 bridgehead atoms. The molecule has 2 amide bonds. The summed E-state index contributed by atoms with van der Waals surface area (Å²) in [6, 6.07) is 10.8. The van der Waals surface area contributed by atoms with Crippen LogP contribution in [-0.2, 0) is 15.0 Å². The van der Waals surface area contributed by atoms with Gasteiger partial charge in [-0.15, -0.1) is 0 Å². The maximum Gasteiger partial charge on any atom is 0.388 e. The van der Waals surface area contributed by atoms with Crippen LogP contribution in [0.4, 0.5) is 14.5 Å². The van der Waals surface area contributed by atoms with Crippen LogP contribution < -0.4 is 10.1 Å². The minimum atomic E-state index is -3.07. The molecule has 0 spiro atoms. The van der Waals surface area contributed by atoms with Gasteiger partial charge in [0.15, 0.2) is 0 Å². The number of nitrogens with zero attached hydrogens (tertiary/aromatic N) is 2. The molecule has 0 atom stereocenters. The van der Waals surface area contributed by atoms with E-state index in [1.54, 1.807) is 27.1 Å². The van der Waals surface area contributed by atoms with Crippen molar-refractivity contribution < 1.29 is 23.1 Å². The Hall–Kier alpha value is -3.03. The zero-order chi connectivity index (χ0) is 23.6. The first-order valence-corrected chi connectivity index (χ1v) is 10.6. The molecule has 8 heteroatoms. The van der Waals surface area contributed by atoms with Crippen molar-refractivity contribution in [1.82, 2.24) is 9.88 Å². The lowest BCUT2D eigenvalue weighted by Gasteiger charge is -2.47. The predicted octanol–water partition coefficient (Wildman–Crippen LogP) is 4.49. The number of carbonyl (C=O) groups excluding carboxylic acids is 2. The molecule has 1 heterocycles. The predicted molar refractivity (Wildman–Crippen MR) is 118 cm³/mol. The van der Waals surface area contributed by atoms with Crippen LogP contribution in [0.3, 0.4) is 0 Å². The van der Waals surface area contributed by atoms with Gasteiger partial charge in [0, 0.05) is 25.7 Å². The smallest absolute Gasteiger partial charge is 0.388 e. The third-order valence-electron chi connectivity index (χ3n) is 5.96. The van der Waals surface area contributed by atoms with Crippen LogP contribution in [0.25, 0.3) is 0 Å². The number of benzene rings is 1. The summed E-state index contributed by atoms with van der Waals surface area (Å²) in [5, 5.41) is 2.75. The normalized spacial score (nSPS) is 20.1. The van der Waals surface area contributed by atoms with E-state index in [1.165, 1.54) is 11.0 Å². The lowest BCUT2D eigenvalue weighted by atomic mass is 9.56. The molecule has 172 valence electrons. The van der Waals surface area contributed by atoms with Gasteiger partial charge >= 0.3 is 6.61 Å². The van der Waals surface area contributed by atoms with Gasteiger partial charge in [-0.1, -0.05) is 38.1 Å². The van der Waals surface area contributed by atoms with Crippen molar-refractivity contribution in [2.75, 3.05) is 19.4 Å². The van der Waals surface area contributed by atoms with E-state index in [9.17, 15) is 18.4 Å². The molecule has 6 nitrogen and oxygen atoms in total. The zero-order valence-electron chi connectivity index (χ0n) is 19.0. The molecule has 0 unspecified atom stereocenters. The number of carbonyl (C=O) groups is 2. The quantitative estimate of drug-likeness (QED) is 0.682. The number of aryl methyl sites for hydroxylation is 1. The van der Waals surface area contributed by atoms with E-state index >= 15 is 0 Å². The molecule has 1 aliphatic carbocycles. The molecule has 0 aliphatic heterocycles. The topological polar surface area (TPSA) is 71.5 Å². The fourth-order valence-electron chi connectivity index (χ4n) is 4.33. The minimum absolute atomic E-state index is 0.0332. The molecule has 1 N–H and O–H groups in total. The largest absolute Gasteiger partial charge is 0.415 e. The fourth-order valence-corrected chi connectivity index (χ4v) is 4.33. The molecular formula is C24H29F2N3O3. The standard InChI is InChI=1S/C24H29F2N3O3/c1-14(2)17-8-6-7-9-18(17)24(12-16(13-24)21(30)29(4)5)22(31)28-19-11-10-15(3)27-20(19)32-23(25)26/h6-11,14,16,23H,12-13H2,1-5H3,(H,28,31). The average molecular weight is 446 g/mol. The Morgan fingerprint density at radius 2 is 1.81 bits per heavy atom. The van der Waals surface area contributed by atoms with Gasteiger partial charge in [-0.05, 0) is 48.9 Å². The van der Waals surface area contributed by atoms with E-state index in [-0.39, 0.29) is 35.2 Å². The van der Waals surface area contributed by atoms with Crippen molar-refractivity contribution in [1.29, 1.82) is 0 Å². The van der Waals surface area contributed by atoms with Crippen LogP contribution in [-0.4, -0.2) is 42.4 Å². The van der Waals surface area contributed by atoms with Crippen LogP contribution in [0.5, 0.6) is 5.88 Å². The highest BCUT2D eigenvalue weighted by Gasteiger charge is 2.55. The number of pyridine rings is 1. The van der Waals surface area contributed by atoms with Gasteiger partial charge in [0.2, 0.25) is 17.7 Å². The van der Waals surface area contributed by atoms with Crippen molar-refractivity contribution in [3.05, 3.63) is 53.2 Å². The number of ether oxygens (including phenoxy) is 1. The van der Waals surface area contributed by atoms with Gasteiger partial charge < -0.3 is 15.0 Å². The van der Waals surface area contributed by atoms with Gasteiger partial charge in [-0.25, -0.2) is 4.98 Å². The minimum Gasteiger partial charge on any atom is -0.415 e. The molecule has 2 aromatic rings. The highest BCUT2D eigenvalue weighted by atomic mass is 19.3. The van der Waals surface area contributed by atoms with E-state index in [4.69, 9.17) is 0 Å². The summed E-state index contributed by atoms with van der Waals surface area (Å²) in [5.74, 6) is -0.851. The number of nitrogens with one attached hydrogen (secondary N) is 1. The number of anilines is 1. The number of hydrogen-bond donors (Lipinski definition) is 1. The summed E-state index contributed by atoms with van der Waals surface area (Å²) in [6.45, 7) is 2.67. The van der Waals surface area contributed by atoms with Crippen molar-refractivity contribution in [2.24, 2.45) is 5.92 Å². The highest BCUT2D eigenvalue weighted by Crippen LogP contribution is 2.51. The molecule has 0 saturated heterocycles. The van der Waals surface area contributed by atoms with E-state index in [0.29, 0.717) is 18.5 Å². The van der Waals surface area contributed by atoms with Crippen LogP contribution in [0.2, 0.25) is 0 Å². The maximum atomic E-state index is 13.6. The SMILES string of the molecule is Cc1ccc(NC(=O)C2(c3ccccc3C(C)C)CC(C(=O)N(C)C)C2)c(OC(F)F)n1. The highest BCUT2D eigenvalue weighted by molar-refractivity contribution is 6.02. The summed E-state index contributed by atoms with van der Waals surface area (Å²) in [7, 11) is 3.38. The van der Waals surface area contributed by atoms with Crippen molar-refractivity contribution in [3.63, 3.8) is 0 Å². The molecule has 1 fully saturated rings. The Morgan fingerprint density at radius 3 is 2.41 bits per heavy atom. The first kappa shape index (κ1) is 23.6. The van der Waals surface area contributed by atoms with Gasteiger partial charge in [0.25, 0.3) is 0 Å². The van der Waals surface area contributed by atoms with E-state index in [0.717, 1.165) is 11.1 Å². The third kappa shape index (κ3) is 4.59. The summed E-state index contributed by atoms with van der Waals surface area (Å²) >= 11 is 0. The summed E-state index contributed by atoms with van der Waals surface area (Å²) in [4.78, 5) is 31.7.